The van der Waals surface area contributed by atoms with E-state index in [1.165, 1.54) is 6.92 Å². The summed E-state index contributed by atoms with van der Waals surface area (Å²) < 4.78 is 0. The summed E-state index contributed by atoms with van der Waals surface area (Å²) in [6.45, 7) is 7.87. The van der Waals surface area contributed by atoms with Gasteiger partial charge in [-0.05, 0) is 6.42 Å². The SMILES string of the molecule is CCC(=O)NN(CC)CC(O)C(CC)NC(C)=O. The van der Waals surface area contributed by atoms with Gasteiger partial charge in [-0.25, -0.2) is 5.01 Å². The predicted octanol–water partition coefficient (Wildman–Crippen LogP) is 0.0251. The van der Waals surface area contributed by atoms with Gasteiger partial charge in [0.2, 0.25) is 11.8 Å². The zero-order valence-corrected chi connectivity index (χ0v) is 11.7. The molecular formula is C12H25N3O3. The first-order valence-corrected chi connectivity index (χ1v) is 6.44. The van der Waals surface area contributed by atoms with E-state index in [-0.39, 0.29) is 17.9 Å². The predicted molar refractivity (Wildman–Crippen MR) is 69.6 cm³/mol. The van der Waals surface area contributed by atoms with E-state index in [0.29, 0.717) is 25.9 Å². The molecule has 2 atom stereocenters. The minimum Gasteiger partial charge on any atom is -0.390 e. The fourth-order valence-electron chi connectivity index (χ4n) is 1.59. The van der Waals surface area contributed by atoms with Gasteiger partial charge in [0.25, 0.3) is 0 Å². The summed E-state index contributed by atoms with van der Waals surface area (Å²) in [5.41, 5.74) is 2.70. The van der Waals surface area contributed by atoms with Crippen molar-refractivity contribution >= 4 is 11.8 Å². The Bertz CT molecular complexity index is 271. The molecule has 0 spiro atoms. The zero-order chi connectivity index (χ0) is 14.1. The molecule has 3 N–H and O–H groups in total. The van der Waals surface area contributed by atoms with Gasteiger partial charge >= 0.3 is 0 Å². The van der Waals surface area contributed by atoms with Gasteiger partial charge in [-0.2, -0.15) is 0 Å². The lowest BCUT2D eigenvalue weighted by molar-refractivity contribution is -0.127. The van der Waals surface area contributed by atoms with E-state index in [1.807, 2.05) is 13.8 Å². The lowest BCUT2D eigenvalue weighted by atomic mass is 10.1. The normalized spacial score (nSPS) is 14.1. The van der Waals surface area contributed by atoms with Gasteiger partial charge in [-0.1, -0.05) is 20.8 Å². The van der Waals surface area contributed by atoms with Crippen LogP contribution >= 0.6 is 0 Å². The van der Waals surface area contributed by atoms with Gasteiger partial charge < -0.3 is 10.4 Å². The summed E-state index contributed by atoms with van der Waals surface area (Å²) in [5, 5.41) is 14.4. The van der Waals surface area contributed by atoms with Crippen molar-refractivity contribution in [2.24, 2.45) is 0 Å². The highest BCUT2D eigenvalue weighted by atomic mass is 16.3. The number of aliphatic hydroxyl groups is 1. The van der Waals surface area contributed by atoms with E-state index >= 15 is 0 Å². The van der Waals surface area contributed by atoms with E-state index in [4.69, 9.17) is 0 Å². The lowest BCUT2D eigenvalue weighted by Gasteiger charge is -2.28. The molecule has 106 valence electrons. The largest absolute Gasteiger partial charge is 0.390 e. The number of amides is 2. The molecule has 0 saturated carbocycles. The van der Waals surface area contributed by atoms with Crippen LogP contribution in [0.1, 0.15) is 40.5 Å². The molecule has 0 radical (unpaired) electrons. The van der Waals surface area contributed by atoms with Crippen LogP contribution in [0.5, 0.6) is 0 Å². The minimum atomic E-state index is -0.712. The maximum atomic E-state index is 11.3. The number of carbonyl (C=O) groups is 2. The number of hydrogen-bond acceptors (Lipinski definition) is 4. The maximum Gasteiger partial charge on any atom is 0.233 e. The summed E-state index contributed by atoms with van der Waals surface area (Å²) in [4.78, 5) is 22.3. The molecule has 0 aliphatic rings. The molecule has 0 rings (SSSR count). The van der Waals surface area contributed by atoms with Crippen LogP contribution in [0, 0.1) is 0 Å². The van der Waals surface area contributed by atoms with Crippen molar-refractivity contribution in [3.8, 4) is 0 Å². The molecule has 0 aromatic rings. The van der Waals surface area contributed by atoms with Crippen molar-refractivity contribution < 1.29 is 14.7 Å². The second-order valence-electron chi connectivity index (χ2n) is 4.21. The van der Waals surface area contributed by atoms with Gasteiger partial charge in [-0.3, -0.25) is 15.0 Å². The molecule has 6 heteroatoms. The van der Waals surface area contributed by atoms with E-state index in [9.17, 15) is 14.7 Å². The highest BCUT2D eigenvalue weighted by Gasteiger charge is 2.21. The number of aliphatic hydroxyl groups excluding tert-OH is 1. The molecule has 0 aliphatic heterocycles. The fraction of sp³-hybridized carbons (Fsp3) is 0.833. The summed E-state index contributed by atoms with van der Waals surface area (Å²) in [6, 6.07) is -0.296. The summed E-state index contributed by atoms with van der Waals surface area (Å²) in [5.74, 6) is -0.252. The molecule has 2 unspecified atom stereocenters. The van der Waals surface area contributed by atoms with E-state index < -0.39 is 6.10 Å². The van der Waals surface area contributed by atoms with Gasteiger partial charge in [-0.15, -0.1) is 0 Å². The number of carbonyl (C=O) groups excluding carboxylic acids is 2. The Labute approximate surface area is 109 Å². The highest BCUT2D eigenvalue weighted by Crippen LogP contribution is 2.01. The quantitative estimate of drug-likeness (QED) is 0.537. The van der Waals surface area contributed by atoms with Crippen LogP contribution in [0.4, 0.5) is 0 Å². The fourth-order valence-corrected chi connectivity index (χ4v) is 1.59. The Hall–Kier alpha value is -1.14. The summed E-state index contributed by atoms with van der Waals surface area (Å²) in [6.07, 6.45) is 0.325. The van der Waals surface area contributed by atoms with Crippen LogP contribution in [-0.2, 0) is 9.59 Å². The third-order valence-electron chi connectivity index (χ3n) is 2.69. The van der Waals surface area contributed by atoms with Crippen LogP contribution in [0.2, 0.25) is 0 Å². The van der Waals surface area contributed by atoms with Gasteiger partial charge in [0, 0.05) is 26.4 Å². The number of rotatable bonds is 8. The zero-order valence-electron chi connectivity index (χ0n) is 11.7. The molecule has 0 aromatic carbocycles. The van der Waals surface area contributed by atoms with Crippen molar-refractivity contribution in [2.75, 3.05) is 13.1 Å². The standard InChI is InChI=1S/C12H25N3O3/c1-5-10(13-9(4)16)11(17)8-15(7-3)14-12(18)6-2/h10-11,17H,5-8H2,1-4H3,(H,13,16)(H,14,18). The second kappa shape index (κ2) is 8.88. The third kappa shape index (κ3) is 6.56. The Morgan fingerprint density at radius 1 is 1.28 bits per heavy atom. The molecule has 6 nitrogen and oxygen atoms in total. The first kappa shape index (κ1) is 16.9. The van der Waals surface area contributed by atoms with Crippen LogP contribution < -0.4 is 10.7 Å². The molecule has 2 amide bonds. The molecule has 0 aliphatic carbocycles. The highest BCUT2D eigenvalue weighted by molar-refractivity contribution is 5.75. The maximum absolute atomic E-state index is 11.3. The van der Waals surface area contributed by atoms with Crippen molar-refractivity contribution in [3.63, 3.8) is 0 Å². The number of hydrogen-bond donors (Lipinski definition) is 3. The summed E-state index contributed by atoms with van der Waals surface area (Å²) in [7, 11) is 0. The Morgan fingerprint density at radius 3 is 2.28 bits per heavy atom. The van der Waals surface area contributed by atoms with E-state index in [0.717, 1.165) is 0 Å². The lowest BCUT2D eigenvalue weighted by Crippen LogP contribution is -2.51. The number of nitrogens with one attached hydrogen (secondary N) is 2. The van der Waals surface area contributed by atoms with Gasteiger partial charge in [0.15, 0.2) is 0 Å². The summed E-state index contributed by atoms with van der Waals surface area (Å²) >= 11 is 0. The molecule has 0 aromatic heterocycles. The molecule has 18 heavy (non-hydrogen) atoms. The van der Waals surface area contributed by atoms with Crippen molar-refractivity contribution in [2.45, 2.75) is 52.7 Å². The smallest absolute Gasteiger partial charge is 0.233 e. The first-order chi connectivity index (χ1) is 8.44. The molecular weight excluding hydrogens is 234 g/mol. The minimum absolute atomic E-state index is 0.0865. The van der Waals surface area contributed by atoms with E-state index in [2.05, 4.69) is 10.7 Å². The number of nitrogens with zero attached hydrogens (tertiary/aromatic N) is 1. The Kier molecular flexibility index (Phi) is 8.32. The molecule has 0 saturated heterocycles. The van der Waals surface area contributed by atoms with Crippen LogP contribution in [0.25, 0.3) is 0 Å². The molecule has 0 heterocycles. The molecule has 0 bridgehead atoms. The average molecular weight is 259 g/mol. The van der Waals surface area contributed by atoms with Crippen LogP contribution in [-0.4, -0.2) is 47.2 Å². The topological polar surface area (TPSA) is 81.7 Å². The average Bonchev–Trinajstić information content (AvgIpc) is 2.34. The Balaban J connectivity index is 4.34. The van der Waals surface area contributed by atoms with Crippen molar-refractivity contribution in [3.05, 3.63) is 0 Å². The number of hydrazine groups is 1. The second-order valence-corrected chi connectivity index (χ2v) is 4.21. The first-order valence-electron chi connectivity index (χ1n) is 6.44. The number of likely N-dealkylation sites (N-methyl/N-ethyl adjacent to an activating group) is 1. The van der Waals surface area contributed by atoms with Crippen LogP contribution in [0.15, 0.2) is 0 Å². The third-order valence-corrected chi connectivity index (χ3v) is 2.69. The molecule has 0 fully saturated rings. The van der Waals surface area contributed by atoms with Crippen LogP contribution in [0.3, 0.4) is 0 Å². The van der Waals surface area contributed by atoms with Gasteiger partial charge in [0.05, 0.1) is 12.1 Å². The van der Waals surface area contributed by atoms with Crippen molar-refractivity contribution in [1.29, 1.82) is 0 Å². The monoisotopic (exact) mass is 259 g/mol. The van der Waals surface area contributed by atoms with E-state index in [1.54, 1.807) is 11.9 Å². The van der Waals surface area contributed by atoms with Gasteiger partial charge in [0.1, 0.15) is 0 Å². The Morgan fingerprint density at radius 2 is 1.89 bits per heavy atom. The van der Waals surface area contributed by atoms with Crippen molar-refractivity contribution in [1.82, 2.24) is 15.8 Å².